The molecule has 0 unspecified atom stereocenters. The maximum absolute atomic E-state index is 9.67. The zero-order valence-corrected chi connectivity index (χ0v) is 16.7. The molecule has 29 heavy (non-hydrogen) atoms. The minimum atomic E-state index is 0.205. The number of hydrogen-bond donors (Lipinski definition) is 2. The predicted molar refractivity (Wildman–Crippen MR) is 116 cm³/mol. The number of hydrogen-bond acceptors (Lipinski definition) is 6. The molecule has 4 aromatic rings. The maximum atomic E-state index is 9.67. The number of aromatic nitrogens is 2. The molecule has 0 radical (unpaired) electrons. The van der Waals surface area contributed by atoms with Crippen LogP contribution in [0.15, 0.2) is 60.8 Å². The van der Waals surface area contributed by atoms with Gasteiger partial charge < -0.3 is 15.2 Å². The van der Waals surface area contributed by atoms with Crippen LogP contribution >= 0.6 is 11.3 Å². The smallest absolute Gasteiger partial charge is 0.227 e. The van der Waals surface area contributed by atoms with Crippen molar-refractivity contribution in [3.63, 3.8) is 0 Å². The quantitative estimate of drug-likeness (QED) is 0.477. The molecule has 5 nitrogen and oxygen atoms in total. The first kappa shape index (κ1) is 17.7. The van der Waals surface area contributed by atoms with E-state index in [-0.39, 0.29) is 5.75 Å². The van der Waals surface area contributed by atoms with E-state index in [0.29, 0.717) is 5.95 Å². The van der Waals surface area contributed by atoms with Gasteiger partial charge in [0.25, 0.3) is 0 Å². The van der Waals surface area contributed by atoms with E-state index in [1.807, 2.05) is 35.7 Å². The van der Waals surface area contributed by atoms with Gasteiger partial charge in [-0.2, -0.15) is 0 Å². The lowest BCUT2D eigenvalue weighted by Gasteiger charge is -2.16. The lowest BCUT2D eigenvalue weighted by molar-refractivity contribution is 0.415. The lowest BCUT2D eigenvalue weighted by atomic mass is 9.96. The standard InChI is InChI=1S/C23H19N3O2S/c1-28-18-7-2-4-14(10-18)21-12-19-20(29-21)9-8-15-13-24-23(26-22(15)19)25-16-5-3-6-17(27)11-16/h2-7,10-13,27H,8-9H2,1H3,(H,24,25,26). The van der Waals surface area contributed by atoms with Crippen molar-refractivity contribution < 1.29 is 9.84 Å². The topological polar surface area (TPSA) is 67.3 Å². The SMILES string of the molecule is COc1cccc(-c2cc3c(s2)CCc2cnc(Nc4cccc(O)c4)nc2-3)c1. The van der Waals surface area contributed by atoms with Gasteiger partial charge in [0.2, 0.25) is 5.95 Å². The zero-order chi connectivity index (χ0) is 19.8. The van der Waals surface area contributed by atoms with Crippen molar-refractivity contribution in [2.45, 2.75) is 12.8 Å². The molecule has 2 N–H and O–H groups in total. The van der Waals surface area contributed by atoms with Gasteiger partial charge >= 0.3 is 0 Å². The minimum absolute atomic E-state index is 0.205. The molecular formula is C23H19N3O2S. The summed E-state index contributed by atoms with van der Waals surface area (Å²) < 4.78 is 5.37. The first-order valence-electron chi connectivity index (χ1n) is 9.39. The van der Waals surface area contributed by atoms with E-state index in [1.54, 1.807) is 25.3 Å². The van der Waals surface area contributed by atoms with Crippen LogP contribution in [0.4, 0.5) is 11.6 Å². The summed E-state index contributed by atoms with van der Waals surface area (Å²) in [6.07, 6.45) is 3.84. The van der Waals surface area contributed by atoms with Crippen molar-refractivity contribution in [3.05, 3.63) is 71.2 Å². The van der Waals surface area contributed by atoms with Crippen molar-refractivity contribution in [1.29, 1.82) is 0 Å². The van der Waals surface area contributed by atoms with Gasteiger partial charge in [0.05, 0.1) is 12.8 Å². The van der Waals surface area contributed by atoms with Gasteiger partial charge in [0, 0.05) is 33.3 Å². The largest absolute Gasteiger partial charge is 0.508 e. The molecule has 1 aliphatic rings. The highest BCUT2D eigenvalue weighted by molar-refractivity contribution is 7.16. The summed E-state index contributed by atoms with van der Waals surface area (Å²) in [7, 11) is 1.69. The second kappa shape index (κ2) is 7.22. The number of nitrogens with one attached hydrogen (secondary N) is 1. The van der Waals surface area contributed by atoms with Crippen LogP contribution in [0.25, 0.3) is 21.7 Å². The first-order valence-corrected chi connectivity index (χ1v) is 10.2. The fourth-order valence-electron chi connectivity index (χ4n) is 3.58. The highest BCUT2D eigenvalue weighted by atomic mass is 32.1. The predicted octanol–water partition coefficient (Wildman–Crippen LogP) is 5.43. The van der Waals surface area contributed by atoms with Crippen LogP contribution in [-0.4, -0.2) is 22.2 Å². The number of nitrogens with zero attached hydrogens (tertiary/aromatic N) is 2. The van der Waals surface area contributed by atoms with Crippen LogP contribution in [-0.2, 0) is 12.8 Å². The van der Waals surface area contributed by atoms with Gasteiger partial charge in [0.1, 0.15) is 11.5 Å². The van der Waals surface area contributed by atoms with Gasteiger partial charge in [-0.25, -0.2) is 9.97 Å². The number of aromatic hydroxyl groups is 1. The number of phenols is 1. The summed E-state index contributed by atoms with van der Waals surface area (Å²) in [5.41, 5.74) is 5.22. The number of methoxy groups -OCH3 is 1. The van der Waals surface area contributed by atoms with Crippen molar-refractivity contribution in [1.82, 2.24) is 9.97 Å². The molecular weight excluding hydrogens is 382 g/mol. The van der Waals surface area contributed by atoms with Crippen LogP contribution in [0.2, 0.25) is 0 Å². The summed E-state index contributed by atoms with van der Waals surface area (Å²) in [6, 6.07) is 17.3. The van der Waals surface area contributed by atoms with E-state index < -0.39 is 0 Å². The van der Waals surface area contributed by atoms with E-state index in [2.05, 4.69) is 28.5 Å². The molecule has 0 spiro atoms. The van der Waals surface area contributed by atoms with E-state index in [9.17, 15) is 5.11 Å². The van der Waals surface area contributed by atoms with Crippen LogP contribution in [0.5, 0.6) is 11.5 Å². The van der Waals surface area contributed by atoms with Crippen molar-refractivity contribution in [2.75, 3.05) is 12.4 Å². The molecule has 2 heterocycles. The number of fused-ring (bicyclic) bond motifs is 3. The third-order valence-electron chi connectivity index (χ3n) is 5.01. The Morgan fingerprint density at radius 2 is 1.97 bits per heavy atom. The van der Waals surface area contributed by atoms with Crippen molar-refractivity contribution in [3.8, 4) is 33.2 Å². The van der Waals surface area contributed by atoms with Gasteiger partial charge in [-0.15, -0.1) is 11.3 Å². The molecule has 0 aliphatic heterocycles. The Hall–Kier alpha value is -3.38. The van der Waals surface area contributed by atoms with Crippen molar-refractivity contribution >= 4 is 23.0 Å². The maximum Gasteiger partial charge on any atom is 0.227 e. The number of thiophene rings is 1. The number of phenolic OH excluding ortho intramolecular Hbond substituents is 1. The van der Waals surface area contributed by atoms with Gasteiger partial charge in [-0.1, -0.05) is 18.2 Å². The summed E-state index contributed by atoms with van der Waals surface area (Å²) in [6.45, 7) is 0. The van der Waals surface area contributed by atoms with Crippen LogP contribution in [0.3, 0.4) is 0 Å². The van der Waals surface area contributed by atoms with Crippen molar-refractivity contribution in [2.24, 2.45) is 0 Å². The van der Waals surface area contributed by atoms with E-state index in [4.69, 9.17) is 9.72 Å². The van der Waals surface area contributed by atoms with Gasteiger partial charge in [-0.3, -0.25) is 0 Å². The first-order chi connectivity index (χ1) is 14.2. The molecule has 0 saturated carbocycles. The lowest BCUT2D eigenvalue weighted by Crippen LogP contribution is -2.06. The Kier molecular flexibility index (Phi) is 4.41. The highest BCUT2D eigenvalue weighted by Crippen LogP contribution is 2.42. The summed E-state index contributed by atoms with van der Waals surface area (Å²) in [5, 5.41) is 12.9. The second-order valence-electron chi connectivity index (χ2n) is 6.92. The summed E-state index contributed by atoms with van der Waals surface area (Å²) in [5.74, 6) is 1.58. The highest BCUT2D eigenvalue weighted by Gasteiger charge is 2.22. The zero-order valence-electron chi connectivity index (χ0n) is 15.8. The number of rotatable bonds is 4. The fourth-order valence-corrected chi connectivity index (χ4v) is 4.73. The Bertz CT molecular complexity index is 1200. The van der Waals surface area contributed by atoms with Crippen LogP contribution in [0, 0.1) is 0 Å². The summed E-state index contributed by atoms with van der Waals surface area (Å²) >= 11 is 1.81. The Labute approximate surface area is 172 Å². The molecule has 1 aliphatic carbocycles. The second-order valence-corrected chi connectivity index (χ2v) is 8.06. The average Bonchev–Trinajstić information content (AvgIpc) is 3.19. The minimum Gasteiger partial charge on any atom is -0.508 e. The fraction of sp³-hybridized carbons (Fsp3) is 0.130. The number of aryl methyl sites for hydroxylation is 2. The van der Waals surface area contributed by atoms with Gasteiger partial charge in [-0.05, 0) is 54.3 Å². The average molecular weight is 401 g/mol. The molecule has 144 valence electrons. The molecule has 0 bridgehead atoms. The van der Waals surface area contributed by atoms with Crippen LogP contribution < -0.4 is 10.1 Å². The number of ether oxygens (including phenoxy) is 1. The Morgan fingerprint density at radius 3 is 2.83 bits per heavy atom. The van der Waals surface area contributed by atoms with E-state index in [1.165, 1.54) is 15.3 Å². The van der Waals surface area contributed by atoms with Gasteiger partial charge in [0.15, 0.2) is 0 Å². The third kappa shape index (κ3) is 3.43. The molecule has 2 aromatic heterocycles. The third-order valence-corrected chi connectivity index (χ3v) is 6.25. The summed E-state index contributed by atoms with van der Waals surface area (Å²) in [4.78, 5) is 11.8. The molecule has 0 atom stereocenters. The molecule has 5 rings (SSSR count). The van der Waals surface area contributed by atoms with E-state index >= 15 is 0 Å². The van der Waals surface area contributed by atoms with E-state index in [0.717, 1.165) is 41.1 Å². The Balaban J connectivity index is 1.52. The molecule has 2 aromatic carbocycles. The number of anilines is 2. The normalized spacial score (nSPS) is 12.2. The molecule has 0 saturated heterocycles. The van der Waals surface area contributed by atoms with Crippen LogP contribution in [0.1, 0.15) is 10.4 Å². The molecule has 6 heteroatoms. The number of benzene rings is 2. The Morgan fingerprint density at radius 1 is 1.07 bits per heavy atom. The molecule has 0 amide bonds. The monoisotopic (exact) mass is 401 g/mol. The molecule has 0 fully saturated rings.